The summed E-state index contributed by atoms with van der Waals surface area (Å²) >= 11 is 0. The Morgan fingerprint density at radius 1 is 1.19 bits per heavy atom. The molecule has 1 aliphatic heterocycles. The molecular formula is C19H21NO. The van der Waals surface area contributed by atoms with Gasteiger partial charge in [-0.2, -0.15) is 0 Å². The first kappa shape index (κ1) is 12.6. The van der Waals surface area contributed by atoms with Crippen LogP contribution in [-0.4, -0.2) is 5.91 Å². The van der Waals surface area contributed by atoms with Gasteiger partial charge in [0.15, 0.2) is 0 Å². The van der Waals surface area contributed by atoms with Crippen molar-refractivity contribution in [3.8, 4) is 0 Å². The molecule has 3 rings (SSSR count). The molecule has 2 aromatic rings. The van der Waals surface area contributed by atoms with Gasteiger partial charge in [-0.05, 0) is 48.4 Å². The molecule has 2 heteroatoms. The molecule has 2 atom stereocenters. The molecule has 1 aliphatic rings. The molecule has 0 saturated heterocycles. The number of benzene rings is 2. The minimum atomic E-state index is -0.484. The summed E-state index contributed by atoms with van der Waals surface area (Å²) in [5, 5.41) is 2.99. The number of amides is 1. The summed E-state index contributed by atoms with van der Waals surface area (Å²) in [6.07, 6.45) is 1.05. The van der Waals surface area contributed by atoms with Crippen LogP contribution < -0.4 is 5.32 Å². The quantitative estimate of drug-likeness (QED) is 0.917. The van der Waals surface area contributed by atoms with E-state index in [2.05, 4.69) is 17.4 Å². The molecule has 2 aromatic carbocycles. The van der Waals surface area contributed by atoms with E-state index < -0.39 is 6.40 Å². The van der Waals surface area contributed by atoms with Crippen LogP contribution in [-0.2, 0) is 24.2 Å². The number of hydrogen-bond acceptors (Lipinski definition) is 1. The molecule has 0 aliphatic carbocycles. The summed E-state index contributed by atoms with van der Waals surface area (Å²) in [5.41, 5.74) is 4.44. The Labute approximate surface area is 127 Å². The van der Waals surface area contributed by atoms with E-state index in [4.69, 9.17) is 1.37 Å². The molecule has 0 saturated carbocycles. The predicted octanol–water partition coefficient (Wildman–Crippen LogP) is 3.42. The number of rotatable bonds is 3. The molecule has 0 fully saturated rings. The van der Waals surface area contributed by atoms with Gasteiger partial charge >= 0.3 is 0 Å². The SMILES string of the molecule is [2H]C1c2c(C)cccc2CNC(=O)[C@@H]1CCc1ccccc1. The van der Waals surface area contributed by atoms with Crippen molar-refractivity contribution in [2.45, 2.75) is 32.7 Å². The van der Waals surface area contributed by atoms with Gasteiger partial charge in [0.1, 0.15) is 0 Å². The van der Waals surface area contributed by atoms with Crippen LogP contribution in [0.3, 0.4) is 0 Å². The Morgan fingerprint density at radius 2 is 2.00 bits per heavy atom. The monoisotopic (exact) mass is 280 g/mol. The van der Waals surface area contributed by atoms with E-state index in [-0.39, 0.29) is 11.8 Å². The fraction of sp³-hybridized carbons (Fsp3) is 0.316. The standard InChI is InChI=1S/C19H21NO/c1-14-6-5-9-17-13-20-19(21)16(12-18(14)17)11-10-15-7-3-2-4-8-15/h2-9,16H,10-13H2,1H3,(H,20,21)/t16-/m1/s1/i12D/t12?,16-. The van der Waals surface area contributed by atoms with Gasteiger partial charge in [-0.25, -0.2) is 0 Å². The second-order valence-electron chi connectivity index (χ2n) is 5.66. The van der Waals surface area contributed by atoms with Gasteiger partial charge in [0.25, 0.3) is 0 Å². The minimum Gasteiger partial charge on any atom is -0.352 e. The fourth-order valence-electron chi connectivity index (χ4n) is 2.91. The highest BCUT2D eigenvalue weighted by Crippen LogP contribution is 2.24. The van der Waals surface area contributed by atoms with Gasteiger partial charge in [0.05, 0.1) is 0 Å². The van der Waals surface area contributed by atoms with Crippen LogP contribution in [0.2, 0.25) is 0 Å². The van der Waals surface area contributed by atoms with Gasteiger partial charge in [-0.15, -0.1) is 0 Å². The molecular weight excluding hydrogens is 258 g/mol. The van der Waals surface area contributed by atoms with Crippen molar-refractivity contribution in [1.29, 1.82) is 0 Å². The van der Waals surface area contributed by atoms with Crippen molar-refractivity contribution < 1.29 is 6.17 Å². The number of nitrogens with one attached hydrogen (secondary N) is 1. The van der Waals surface area contributed by atoms with Gasteiger partial charge in [0.2, 0.25) is 5.91 Å². The van der Waals surface area contributed by atoms with Gasteiger partial charge in [-0.3, -0.25) is 4.79 Å². The third-order valence-electron chi connectivity index (χ3n) is 4.16. The number of carbonyl (C=O) groups is 1. The molecule has 1 heterocycles. The molecule has 21 heavy (non-hydrogen) atoms. The predicted molar refractivity (Wildman–Crippen MR) is 85.0 cm³/mol. The van der Waals surface area contributed by atoms with Crippen LogP contribution in [0.25, 0.3) is 0 Å². The topological polar surface area (TPSA) is 29.1 Å². The van der Waals surface area contributed by atoms with Crippen LogP contribution in [0.15, 0.2) is 48.5 Å². The maximum absolute atomic E-state index is 12.4. The highest BCUT2D eigenvalue weighted by Gasteiger charge is 2.24. The number of fused-ring (bicyclic) bond motifs is 1. The van der Waals surface area contributed by atoms with Gasteiger partial charge < -0.3 is 5.32 Å². The summed E-state index contributed by atoms with van der Waals surface area (Å²) in [7, 11) is 0. The molecule has 1 unspecified atom stereocenters. The smallest absolute Gasteiger partial charge is 0.223 e. The van der Waals surface area contributed by atoms with Crippen molar-refractivity contribution in [2.75, 3.05) is 0 Å². The molecule has 0 bridgehead atoms. The van der Waals surface area contributed by atoms with Crippen LogP contribution in [0.1, 0.15) is 30.0 Å². The number of hydrogen-bond donors (Lipinski definition) is 1. The van der Waals surface area contributed by atoms with Crippen molar-refractivity contribution in [3.05, 3.63) is 70.8 Å². The average Bonchev–Trinajstić information content (AvgIpc) is 2.65. The first-order valence-corrected chi connectivity index (χ1v) is 7.49. The summed E-state index contributed by atoms with van der Waals surface area (Å²) in [4.78, 5) is 12.4. The normalized spacial score (nSPS) is 22.0. The molecule has 1 amide bonds. The number of aryl methyl sites for hydroxylation is 2. The number of carbonyl (C=O) groups excluding carboxylic acids is 1. The Morgan fingerprint density at radius 3 is 2.81 bits per heavy atom. The lowest BCUT2D eigenvalue weighted by atomic mass is 9.89. The van der Waals surface area contributed by atoms with E-state index in [0.29, 0.717) is 13.0 Å². The zero-order valence-corrected chi connectivity index (χ0v) is 12.3. The third-order valence-corrected chi connectivity index (χ3v) is 4.16. The van der Waals surface area contributed by atoms with Gasteiger partial charge in [0, 0.05) is 13.8 Å². The zero-order valence-electron chi connectivity index (χ0n) is 13.3. The minimum absolute atomic E-state index is 0.00605. The second-order valence-corrected chi connectivity index (χ2v) is 5.66. The van der Waals surface area contributed by atoms with Crippen molar-refractivity contribution in [3.63, 3.8) is 0 Å². The summed E-state index contributed by atoms with van der Waals surface area (Å²) in [5.74, 6) is -0.283. The van der Waals surface area contributed by atoms with E-state index in [9.17, 15) is 4.79 Å². The van der Waals surface area contributed by atoms with Crippen molar-refractivity contribution >= 4 is 5.91 Å². The lowest BCUT2D eigenvalue weighted by Crippen LogP contribution is -2.29. The summed E-state index contributed by atoms with van der Waals surface area (Å²) in [6, 6.07) is 16.2. The first-order chi connectivity index (χ1) is 10.7. The maximum Gasteiger partial charge on any atom is 0.223 e. The van der Waals surface area contributed by atoms with E-state index >= 15 is 0 Å². The van der Waals surface area contributed by atoms with E-state index in [1.54, 1.807) is 0 Å². The van der Waals surface area contributed by atoms with Crippen LogP contribution in [0.5, 0.6) is 0 Å². The molecule has 0 radical (unpaired) electrons. The average molecular weight is 280 g/mol. The van der Waals surface area contributed by atoms with E-state index in [0.717, 1.165) is 23.1 Å². The Hall–Kier alpha value is -2.09. The van der Waals surface area contributed by atoms with Crippen molar-refractivity contribution in [2.24, 2.45) is 5.92 Å². The van der Waals surface area contributed by atoms with Crippen molar-refractivity contribution in [1.82, 2.24) is 5.32 Å². The molecule has 0 aromatic heterocycles. The lowest BCUT2D eigenvalue weighted by Gasteiger charge is -2.14. The summed E-state index contributed by atoms with van der Waals surface area (Å²) < 4.78 is 8.63. The van der Waals surface area contributed by atoms with Gasteiger partial charge in [-0.1, -0.05) is 48.5 Å². The Kier molecular flexibility index (Phi) is 3.69. The summed E-state index contributed by atoms with van der Waals surface area (Å²) in [6.45, 7) is 2.57. The Balaban J connectivity index is 1.84. The van der Waals surface area contributed by atoms with Crippen LogP contribution in [0, 0.1) is 12.8 Å². The zero-order chi connectivity index (χ0) is 15.5. The maximum atomic E-state index is 12.4. The highest BCUT2D eigenvalue weighted by atomic mass is 16.1. The van der Waals surface area contributed by atoms with E-state index in [1.165, 1.54) is 5.56 Å². The second kappa shape index (κ2) is 6.13. The molecule has 2 nitrogen and oxygen atoms in total. The Bertz CT molecular complexity index is 668. The molecule has 1 N–H and O–H groups in total. The first-order valence-electron chi connectivity index (χ1n) is 8.07. The largest absolute Gasteiger partial charge is 0.352 e. The van der Waals surface area contributed by atoms with Crippen LogP contribution >= 0.6 is 0 Å². The molecule has 108 valence electrons. The van der Waals surface area contributed by atoms with E-state index in [1.807, 2.05) is 43.3 Å². The fourth-order valence-corrected chi connectivity index (χ4v) is 2.91. The van der Waals surface area contributed by atoms with Crippen LogP contribution in [0.4, 0.5) is 0 Å². The highest BCUT2D eigenvalue weighted by molar-refractivity contribution is 5.79. The third kappa shape index (κ3) is 3.15. The lowest BCUT2D eigenvalue weighted by molar-refractivity contribution is -0.125. The molecule has 0 spiro atoms.